The number of nitrogens with one attached hydrogen (secondary N) is 1. The lowest BCUT2D eigenvalue weighted by Crippen LogP contribution is -2.31. The molecule has 2 aromatic carbocycles. The van der Waals surface area contributed by atoms with E-state index in [9.17, 15) is 20.0 Å². The van der Waals surface area contributed by atoms with Crippen LogP contribution >= 0.6 is 0 Å². The van der Waals surface area contributed by atoms with Crippen molar-refractivity contribution in [2.45, 2.75) is 25.3 Å². The number of nitro benzene ring substituents is 1. The molecule has 5 rings (SSSR count). The molecule has 0 radical (unpaired) electrons. The summed E-state index contributed by atoms with van der Waals surface area (Å²) in [5, 5.41) is 28.7. The molecule has 2 heterocycles. The first-order valence-electron chi connectivity index (χ1n) is 9.55. The van der Waals surface area contributed by atoms with E-state index < -0.39 is 11.0 Å². The van der Waals surface area contributed by atoms with E-state index in [0.29, 0.717) is 29.3 Å². The quantitative estimate of drug-likeness (QED) is 0.506. The van der Waals surface area contributed by atoms with Crippen LogP contribution in [0.3, 0.4) is 0 Å². The van der Waals surface area contributed by atoms with Crippen LogP contribution in [0.15, 0.2) is 59.8 Å². The summed E-state index contributed by atoms with van der Waals surface area (Å²) in [7, 11) is 0. The number of hydrogen-bond donors (Lipinski definition) is 2. The minimum absolute atomic E-state index is 0.0175. The third-order valence-electron chi connectivity index (χ3n) is 5.39. The Labute approximate surface area is 170 Å². The molecule has 0 bridgehead atoms. The summed E-state index contributed by atoms with van der Waals surface area (Å²) in [6.45, 7) is 0. The number of aromatic hydroxyl groups is 1. The number of carbonyl (C=O) groups is 1. The summed E-state index contributed by atoms with van der Waals surface area (Å²) in [4.78, 5) is 28.0. The Hall–Kier alpha value is -4.01. The van der Waals surface area contributed by atoms with Crippen LogP contribution in [0, 0.1) is 10.1 Å². The second kappa shape index (κ2) is 6.80. The van der Waals surface area contributed by atoms with E-state index in [0.717, 1.165) is 24.1 Å². The molecule has 2 aliphatic rings. The van der Waals surface area contributed by atoms with Crippen LogP contribution in [0.4, 0.5) is 11.6 Å². The van der Waals surface area contributed by atoms with Crippen molar-refractivity contribution in [2.75, 3.05) is 5.32 Å². The molecule has 0 amide bonds. The highest BCUT2D eigenvalue weighted by molar-refractivity contribution is 5.99. The van der Waals surface area contributed by atoms with E-state index in [1.165, 1.54) is 12.1 Å². The van der Waals surface area contributed by atoms with Gasteiger partial charge in [0.2, 0.25) is 5.95 Å². The lowest BCUT2D eigenvalue weighted by molar-refractivity contribution is -0.384. The van der Waals surface area contributed by atoms with Crippen molar-refractivity contribution < 1.29 is 14.8 Å². The molecule has 9 heteroatoms. The Bertz CT molecular complexity index is 1210. The molecule has 2 N–H and O–H groups in total. The Balaban J connectivity index is 1.66. The number of ketones is 1. The van der Waals surface area contributed by atoms with Gasteiger partial charge in [-0.1, -0.05) is 12.1 Å². The average molecular weight is 403 g/mol. The van der Waals surface area contributed by atoms with E-state index in [1.54, 1.807) is 41.1 Å². The van der Waals surface area contributed by atoms with Crippen LogP contribution in [0.25, 0.3) is 11.4 Å². The first-order chi connectivity index (χ1) is 14.5. The number of non-ortho nitro benzene ring substituents is 1. The third-order valence-corrected chi connectivity index (χ3v) is 5.39. The summed E-state index contributed by atoms with van der Waals surface area (Å²) in [6.07, 6.45) is 1.93. The van der Waals surface area contributed by atoms with E-state index in [4.69, 9.17) is 0 Å². The fourth-order valence-electron chi connectivity index (χ4n) is 4.01. The predicted octanol–water partition coefficient (Wildman–Crippen LogP) is 3.58. The molecular formula is C21H17N5O4. The zero-order chi connectivity index (χ0) is 20.8. The number of carbonyl (C=O) groups excluding carboxylic acids is 1. The van der Waals surface area contributed by atoms with Crippen molar-refractivity contribution in [1.82, 2.24) is 14.8 Å². The number of phenolic OH excluding ortho intramolecular Hbond substituents is 1. The van der Waals surface area contributed by atoms with Crippen LogP contribution in [-0.4, -0.2) is 30.6 Å². The van der Waals surface area contributed by atoms with Gasteiger partial charge in [-0.3, -0.25) is 14.9 Å². The topological polar surface area (TPSA) is 123 Å². The fourth-order valence-corrected chi connectivity index (χ4v) is 4.01. The van der Waals surface area contributed by atoms with Gasteiger partial charge in [0.15, 0.2) is 11.6 Å². The molecule has 1 aliphatic carbocycles. The smallest absolute Gasteiger partial charge is 0.269 e. The molecule has 0 saturated carbocycles. The van der Waals surface area contributed by atoms with E-state index in [1.807, 2.05) is 0 Å². The van der Waals surface area contributed by atoms with Crippen LogP contribution in [-0.2, 0) is 4.79 Å². The van der Waals surface area contributed by atoms with E-state index in [2.05, 4.69) is 15.4 Å². The van der Waals surface area contributed by atoms with Crippen molar-refractivity contribution in [3.63, 3.8) is 0 Å². The molecule has 1 aliphatic heterocycles. The molecule has 0 spiro atoms. The number of rotatable bonds is 3. The first kappa shape index (κ1) is 18.0. The van der Waals surface area contributed by atoms with E-state index >= 15 is 0 Å². The maximum Gasteiger partial charge on any atom is 0.269 e. The molecule has 150 valence electrons. The Morgan fingerprint density at radius 1 is 1.17 bits per heavy atom. The molecule has 1 aromatic heterocycles. The highest BCUT2D eigenvalue weighted by Gasteiger charge is 2.37. The number of aromatic nitrogens is 3. The van der Waals surface area contributed by atoms with Gasteiger partial charge in [-0.15, -0.1) is 5.10 Å². The van der Waals surface area contributed by atoms with Crippen LogP contribution in [0.2, 0.25) is 0 Å². The number of fused-ring (bicyclic) bond motifs is 1. The maximum absolute atomic E-state index is 12.8. The van der Waals surface area contributed by atoms with Crippen LogP contribution < -0.4 is 5.32 Å². The van der Waals surface area contributed by atoms with Gasteiger partial charge in [0, 0.05) is 35.4 Å². The molecule has 1 unspecified atom stereocenters. The van der Waals surface area contributed by atoms with E-state index in [-0.39, 0.29) is 17.2 Å². The van der Waals surface area contributed by atoms with Gasteiger partial charge < -0.3 is 10.4 Å². The number of phenols is 1. The van der Waals surface area contributed by atoms with Crippen molar-refractivity contribution >= 4 is 17.4 Å². The Kier molecular flexibility index (Phi) is 4.09. The van der Waals surface area contributed by atoms with Crippen molar-refractivity contribution in [1.29, 1.82) is 0 Å². The zero-order valence-corrected chi connectivity index (χ0v) is 15.8. The maximum atomic E-state index is 12.8. The van der Waals surface area contributed by atoms with Gasteiger partial charge in [-0.25, -0.2) is 4.68 Å². The van der Waals surface area contributed by atoms with Gasteiger partial charge >= 0.3 is 0 Å². The largest absolute Gasteiger partial charge is 0.508 e. The summed E-state index contributed by atoms with van der Waals surface area (Å²) in [5.41, 5.74) is 2.78. The van der Waals surface area contributed by atoms with Gasteiger partial charge in [0.05, 0.1) is 4.92 Å². The lowest BCUT2D eigenvalue weighted by atomic mass is 9.85. The average Bonchev–Trinajstić information content (AvgIpc) is 3.16. The normalized spacial score (nSPS) is 17.9. The molecule has 0 saturated heterocycles. The van der Waals surface area contributed by atoms with Gasteiger partial charge in [0.25, 0.3) is 5.69 Å². The monoisotopic (exact) mass is 403 g/mol. The number of benzene rings is 2. The number of anilines is 1. The van der Waals surface area contributed by atoms with Gasteiger partial charge in [-0.05, 0) is 42.7 Å². The third kappa shape index (κ3) is 2.91. The first-order valence-corrected chi connectivity index (χ1v) is 9.55. The highest BCUT2D eigenvalue weighted by Crippen LogP contribution is 2.41. The molecule has 0 fully saturated rings. The summed E-state index contributed by atoms with van der Waals surface area (Å²) in [6, 6.07) is 12.3. The summed E-state index contributed by atoms with van der Waals surface area (Å²) in [5.74, 6) is 1.04. The predicted molar refractivity (Wildman–Crippen MR) is 108 cm³/mol. The fraction of sp³-hybridized carbons (Fsp3) is 0.190. The number of allylic oxidation sites excluding steroid dienone is 2. The molecule has 30 heavy (non-hydrogen) atoms. The second-order valence-electron chi connectivity index (χ2n) is 7.30. The van der Waals surface area contributed by atoms with Crippen molar-refractivity contribution in [3.05, 3.63) is 75.5 Å². The number of Topliss-reactive ketones (excluding diaryl/α,β-unsaturated/α-hetero) is 1. The number of nitrogens with zero attached hydrogens (tertiary/aromatic N) is 4. The molecule has 1 atom stereocenters. The van der Waals surface area contributed by atoms with Crippen LogP contribution in [0.5, 0.6) is 5.75 Å². The minimum Gasteiger partial charge on any atom is -0.508 e. The Morgan fingerprint density at radius 3 is 2.70 bits per heavy atom. The van der Waals surface area contributed by atoms with Crippen molar-refractivity contribution in [3.8, 4) is 17.1 Å². The van der Waals surface area contributed by atoms with Gasteiger partial charge in [-0.2, -0.15) is 4.98 Å². The standard InChI is InChI=1S/C21H17N5O4/c27-15-4-1-3-13(11-15)20-23-21-22-16-5-2-6-17(28)18(16)19(25(21)24-20)12-7-9-14(10-8-12)26(29)30/h1,3-4,7-11,19,27H,2,5-6H2,(H,22,23,24). The summed E-state index contributed by atoms with van der Waals surface area (Å²) < 4.78 is 1.64. The number of hydrogen-bond acceptors (Lipinski definition) is 7. The second-order valence-corrected chi connectivity index (χ2v) is 7.30. The zero-order valence-electron chi connectivity index (χ0n) is 15.8. The molecule has 9 nitrogen and oxygen atoms in total. The van der Waals surface area contributed by atoms with Gasteiger partial charge in [0.1, 0.15) is 11.8 Å². The molecule has 3 aromatic rings. The SMILES string of the molecule is O=C1CCCC2=C1C(c1ccc([N+](=O)[O-])cc1)n1nc(-c3cccc(O)c3)nc1N2. The Morgan fingerprint density at radius 2 is 1.97 bits per heavy atom. The number of nitro groups is 1. The van der Waals surface area contributed by atoms with Crippen molar-refractivity contribution in [2.24, 2.45) is 0 Å². The lowest BCUT2D eigenvalue weighted by Gasteiger charge is -2.32. The molecular weight excluding hydrogens is 386 g/mol. The summed E-state index contributed by atoms with van der Waals surface area (Å²) >= 11 is 0. The highest BCUT2D eigenvalue weighted by atomic mass is 16.6. The minimum atomic E-state index is -0.525. The van der Waals surface area contributed by atoms with Crippen LogP contribution in [0.1, 0.15) is 30.9 Å².